The number of nitrogens with zero attached hydrogens (tertiary/aromatic N) is 2. The van der Waals surface area contributed by atoms with Crippen LogP contribution >= 0.6 is 0 Å². The topological polar surface area (TPSA) is 74.5 Å². The largest absolute Gasteiger partial charge is 0.493 e. The number of hydrogen-bond acceptors (Lipinski definition) is 6. The molecule has 132 valence electrons. The Balaban J connectivity index is 1.57. The summed E-state index contributed by atoms with van der Waals surface area (Å²) in [5, 5.41) is 7.83. The highest BCUT2D eigenvalue weighted by Crippen LogP contribution is 2.20. The van der Waals surface area contributed by atoms with Crippen molar-refractivity contribution in [1.29, 1.82) is 0 Å². The van der Waals surface area contributed by atoms with E-state index in [4.69, 9.17) is 13.9 Å². The Hall–Kier alpha value is -3.41. The highest BCUT2D eigenvalue weighted by atomic mass is 16.5. The molecule has 2 aromatic carbocycles. The fourth-order valence-corrected chi connectivity index (χ4v) is 2.25. The van der Waals surface area contributed by atoms with Crippen LogP contribution in [0.25, 0.3) is 17.5 Å². The molecule has 0 aliphatic carbocycles. The number of aromatic nitrogens is 2. The van der Waals surface area contributed by atoms with Crippen molar-refractivity contribution in [2.24, 2.45) is 0 Å². The molecule has 6 nitrogen and oxygen atoms in total. The van der Waals surface area contributed by atoms with Crippen LogP contribution in [0.1, 0.15) is 18.4 Å². The summed E-state index contributed by atoms with van der Waals surface area (Å²) in [4.78, 5) is 11.9. The first-order valence-electron chi connectivity index (χ1n) is 8.20. The number of carbonyl (C=O) groups is 1. The molecule has 0 aliphatic rings. The average molecular weight is 350 g/mol. The lowest BCUT2D eigenvalue weighted by molar-refractivity contribution is -0.139. The van der Waals surface area contributed by atoms with Crippen LogP contribution in [0.5, 0.6) is 5.75 Å². The van der Waals surface area contributed by atoms with E-state index in [2.05, 4.69) is 10.2 Å². The zero-order valence-electron chi connectivity index (χ0n) is 14.3. The van der Waals surface area contributed by atoms with Crippen molar-refractivity contribution in [3.63, 3.8) is 0 Å². The Morgan fingerprint density at radius 3 is 2.65 bits per heavy atom. The van der Waals surface area contributed by atoms with Crippen LogP contribution in [0.2, 0.25) is 0 Å². The Morgan fingerprint density at radius 1 is 1.08 bits per heavy atom. The molecule has 1 aromatic heterocycles. The molecule has 0 radical (unpaired) electrons. The molecule has 3 rings (SSSR count). The van der Waals surface area contributed by atoms with Gasteiger partial charge in [0.05, 0.1) is 6.61 Å². The number of esters is 1. The van der Waals surface area contributed by atoms with Gasteiger partial charge < -0.3 is 13.9 Å². The zero-order valence-corrected chi connectivity index (χ0v) is 14.3. The maximum Gasteiger partial charge on any atom is 0.331 e. The van der Waals surface area contributed by atoms with Crippen molar-refractivity contribution >= 4 is 12.0 Å². The van der Waals surface area contributed by atoms with E-state index in [1.807, 2.05) is 61.5 Å². The second-order valence-electron chi connectivity index (χ2n) is 5.28. The molecule has 6 heteroatoms. The summed E-state index contributed by atoms with van der Waals surface area (Å²) in [5.41, 5.74) is 1.61. The highest BCUT2D eigenvalue weighted by molar-refractivity contribution is 5.87. The fraction of sp³-hybridized carbons (Fsp3) is 0.150. The van der Waals surface area contributed by atoms with Crippen LogP contribution in [0.3, 0.4) is 0 Å². The van der Waals surface area contributed by atoms with Gasteiger partial charge in [0, 0.05) is 17.2 Å². The molecule has 0 saturated carbocycles. The summed E-state index contributed by atoms with van der Waals surface area (Å²) in [6, 6.07) is 16.8. The second kappa shape index (κ2) is 8.62. The number of rotatable bonds is 7. The lowest BCUT2D eigenvalue weighted by Gasteiger charge is -2.06. The molecule has 26 heavy (non-hydrogen) atoms. The van der Waals surface area contributed by atoms with E-state index >= 15 is 0 Å². The van der Waals surface area contributed by atoms with Crippen molar-refractivity contribution in [2.45, 2.75) is 13.5 Å². The molecule has 0 unspecified atom stereocenters. The molecule has 0 fully saturated rings. The smallest absolute Gasteiger partial charge is 0.331 e. The number of ether oxygens (including phenoxy) is 2. The molecular formula is C20H18N2O4. The van der Waals surface area contributed by atoms with Gasteiger partial charge in [0.15, 0.2) is 6.61 Å². The van der Waals surface area contributed by atoms with Crippen molar-refractivity contribution in [3.8, 4) is 17.2 Å². The summed E-state index contributed by atoms with van der Waals surface area (Å²) in [6.45, 7) is 2.37. The standard InChI is InChI=1S/C20H18N2O4/c1-2-24-17-11-7-6-8-15(17)12-13-19(23)25-14-18-21-22-20(26-18)16-9-4-3-5-10-16/h3-13H,2,14H2,1H3/b13-12+. The first-order valence-corrected chi connectivity index (χ1v) is 8.20. The van der Waals surface area contributed by atoms with E-state index in [9.17, 15) is 4.79 Å². The number of benzene rings is 2. The van der Waals surface area contributed by atoms with E-state index in [-0.39, 0.29) is 12.5 Å². The monoisotopic (exact) mass is 350 g/mol. The van der Waals surface area contributed by atoms with Gasteiger partial charge in [-0.25, -0.2) is 4.79 Å². The van der Waals surface area contributed by atoms with E-state index in [0.29, 0.717) is 18.2 Å². The van der Waals surface area contributed by atoms with E-state index in [0.717, 1.165) is 11.1 Å². The van der Waals surface area contributed by atoms with E-state index < -0.39 is 5.97 Å². The minimum Gasteiger partial charge on any atom is -0.493 e. The number of hydrogen-bond donors (Lipinski definition) is 0. The Bertz CT molecular complexity index is 888. The van der Waals surface area contributed by atoms with Crippen molar-refractivity contribution in [3.05, 3.63) is 72.1 Å². The van der Waals surface area contributed by atoms with Gasteiger partial charge in [-0.3, -0.25) is 0 Å². The molecule has 0 N–H and O–H groups in total. The minimum absolute atomic E-state index is 0.0872. The van der Waals surface area contributed by atoms with E-state index in [1.54, 1.807) is 6.08 Å². The van der Waals surface area contributed by atoms with Crippen molar-refractivity contribution < 1.29 is 18.7 Å². The second-order valence-corrected chi connectivity index (χ2v) is 5.28. The van der Waals surface area contributed by atoms with Crippen LogP contribution in [-0.4, -0.2) is 22.8 Å². The molecule has 0 spiro atoms. The highest BCUT2D eigenvalue weighted by Gasteiger charge is 2.09. The van der Waals surface area contributed by atoms with Gasteiger partial charge in [-0.15, -0.1) is 10.2 Å². The Labute approximate surface area is 151 Å². The lowest BCUT2D eigenvalue weighted by atomic mass is 10.2. The maximum absolute atomic E-state index is 11.9. The third-order valence-electron chi connectivity index (χ3n) is 3.44. The van der Waals surface area contributed by atoms with Gasteiger partial charge in [-0.05, 0) is 31.2 Å². The zero-order chi connectivity index (χ0) is 18.2. The molecule has 0 bridgehead atoms. The molecule has 0 aliphatic heterocycles. The quantitative estimate of drug-likeness (QED) is 0.475. The summed E-state index contributed by atoms with van der Waals surface area (Å²) in [7, 11) is 0. The van der Waals surface area contributed by atoms with Crippen molar-refractivity contribution in [1.82, 2.24) is 10.2 Å². The molecule has 0 amide bonds. The lowest BCUT2D eigenvalue weighted by Crippen LogP contribution is -2.01. The summed E-state index contributed by atoms with van der Waals surface area (Å²) in [6.07, 6.45) is 2.99. The van der Waals surface area contributed by atoms with Crippen LogP contribution in [0.15, 0.2) is 65.1 Å². The van der Waals surface area contributed by atoms with Gasteiger partial charge in [0.1, 0.15) is 5.75 Å². The summed E-state index contributed by atoms with van der Waals surface area (Å²) in [5.74, 6) is 0.831. The fourth-order valence-electron chi connectivity index (χ4n) is 2.25. The minimum atomic E-state index is -0.504. The van der Waals surface area contributed by atoms with E-state index in [1.165, 1.54) is 6.08 Å². The van der Waals surface area contributed by atoms with Crippen LogP contribution in [-0.2, 0) is 16.1 Å². The molecule has 0 atom stereocenters. The van der Waals surface area contributed by atoms with Gasteiger partial charge in [-0.2, -0.15) is 0 Å². The molecule has 0 saturated heterocycles. The predicted octanol–water partition coefficient (Wildman–Crippen LogP) is 3.89. The third-order valence-corrected chi connectivity index (χ3v) is 3.44. The van der Waals surface area contributed by atoms with Gasteiger partial charge >= 0.3 is 5.97 Å². The maximum atomic E-state index is 11.9. The Kier molecular flexibility index (Phi) is 5.77. The molecular weight excluding hydrogens is 332 g/mol. The first kappa shape index (κ1) is 17.4. The van der Waals surface area contributed by atoms with Gasteiger partial charge in [0.2, 0.25) is 5.89 Å². The summed E-state index contributed by atoms with van der Waals surface area (Å²) >= 11 is 0. The number of para-hydroxylation sites is 1. The van der Waals surface area contributed by atoms with Crippen molar-refractivity contribution in [2.75, 3.05) is 6.61 Å². The van der Waals surface area contributed by atoms with Gasteiger partial charge in [0.25, 0.3) is 5.89 Å². The Morgan fingerprint density at radius 2 is 1.85 bits per heavy atom. The SMILES string of the molecule is CCOc1ccccc1/C=C/C(=O)OCc1nnc(-c2ccccc2)o1. The van der Waals surface area contributed by atoms with Crippen LogP contribution in [0, 0.1) is 0 Å². The first-order chi connectivity index (χ1) is 12.8. The molecule has 1 heterocycles. The van der Waals surface area contributed by atoms with Gasteiger partial charge in [-0.1, -0.05) is 36.4 Å². The average Bonchev–Trinajstić information content (AvgIpc) is 3.16. The van der Waals surface area contributed by atoms with Crippen LogP contribution in [0.4, 0.5) is 0 Å². The number of carbonyl (C=O) groups excluding carboxylic acids is 1. The molecule has 3 aromatic rings. The predicted molar refractivity (Wildman–Crippen MR) is 96.2 cm³/mol. The normalized spacial score (nSPS) is 10.8. The third kappa shape index (κ3) is 4.57. The van der Waals surface area contributed by atoms with Crippen LogP contribution < -0.4 is 4.74 Å². The summed E-state index contributed by atoms with van der Waals surface area (Å²) < 4.78 is 16.1.